The second-order valence-corrected chi connectivity index (χ2v) is 4.56. The first kappa shape index (κ1) is 14.4. The number of ether oxygens (including phenoxy) is 1. The Morgan fingerprint density at radius 3 is 2.85 bits per heavy atom. The number of hydrogen-bond donors (Lipinski definition) is 1. The minimum atomic E-state index is -0.297. The van der Waals surface area contributed by atoms with Crippen LogP contribution in [0.15, 0.2) is 24.4 Å². The molecule has 108 valence electrons. The zero-order valence-electron chi connectivity index (χ0n) is 12.1. The molecule has 0 aliphatic carbocycles. The van der Waals surface area contributed by atoms with Crippen LogP contribution in [0.2, 0.25) is 0 Å². The SMILES string of the molecule is CCOc1cc(F)ccc1NCc1cn(C)nc1CC. The lowest BCUT2D eigenvalue weighted by atomic mass is 10.2. The van der Waals surface area contributed by atoms with Crippen molar-refractivity contribution in [1.82, 2.24) is 9.78 Å². The highest BCUT2D eigenvalue weighted by Gasteiger charge is 2.08. The van der Waals surface area contributed by atoms with Crippen molar-refractivity contribution in [3.63, 3.8) is 0 Å². The highest BCUT2D eigenvalue weighted by molar-refractivity contribution is 5.56. The average molecular weight is 277 g/mol. The quantitative estimate of drug-likeness (QED) is 0.881. The molecule has 0 atom stereocenters. The molecule has 1 aromatic carbocycles. The first-order valence-electron chi connectivity index (χ1n) is 6.81. The summed E-state index contributed by atoms with van der Waals surface area (Å²) in [6.45, 7) is 5.11. The third kappa shape index (κ3) is 3.29. The highest BCUT2D eigenvalue weighted by atomic mass is 19.1. The van der Waals surface area contributed by atoms with Gasteiger partial charge in [0.1, 0.15) is 11.6 Å². The molecule has 0 unspecified atom stereocenters. The monoisotopic (exact) mass is 277 g/mol. The maximum Gasteiger partial charge on any atom is 0.145 e. The molecule has 0 saturated carbocycles. The van der Waals surface area contributed by atoms with E-state index in [1.807, 2.05) is 24.9 Å². The van der Waals surface area contributed by atoms with E-state index in [1.165, 1.54) is 12.1 Å². The molecule has 0 spiro atoms. The van der Waals surface area contributed by atoms with Gasteiger partial charge in [0.25, 0.3) is 0 Å². The Morgan fingerprint density at radius 2 is 2.15 bits per heavy atom. The van der Waals surface area contributed by atoms with Crippen molar-refractivity contribution >= 4 is 5.69 Å². The van der Waals surface area contributed by atoms with Crippen LogP contribution >= 0.6 is 0 Å². The summed E-state index contributed by atoms with van der Waals surface area (Å²) in [5, 5.41) is 7.68. The zero-order chi connectivity index (χ0) is 14.5. The van der Waals surface area contributed by atoms with Crippen LogP contribution in [-0.2, 0) is 20.0 Å². The highest BCUT2D eigenvalue weighted by Crippen LogP contribution is 2.26. The fourth-order valence-corrected chi connectivity index (χ4v) is 2.14. The maximum atomic E-state index is 13.2. The lowest BCUT2D eigenvalue weighted by molar-refractivity contribution is 0.340. The van der Waals surface area contributed by atoms with Crippen LogP contribution in [0.25, 0.3) is 0 Å². The average Bonchev–Trinajstić information content (AvgIpc) is 2.78. The minimum Gasteiger partial charge on any atom is -0.492 e. The van der Waals surface area contributed by atoms with Gasteiger partial charge in [0.05, 0.1) is 18.0 Å². The molecule has 1 aromatic heterocycles. The predicted octanol–water partition coefficient (Wildman–Crippen LogP) is 3.13. The molecule has 4 nitrogen and oxygen atoms in total. The summed E-state index contributed by atoms with van der Waals surface area (Å²) in [5.41, 5.74) is 3.00. The van der Waals surface area contributed by atoms with E-state index >= 15 is 0 Å². The summed E-state index contributed by atoms with van der Waals surface area (Å²) < 4.78 is 20.5. The van der Waals surface area contributed by atoms with Crippen molar-refractivity contribution in [1.29, 1.82) is 0 Å². The minimum absolute atomic E-state index is 0.297. The molecule has 5 heteroatoms. The van der Waals surface area contributed by atoms with Crippen LogP contribution in [0, 0.1) is 5.82 Å². The number of nitrogens with one attached hydrogen (secondary N) is 1. The molecular weight excluding hydrogens is 257 g/mol. The summed E-state index contributed by atoms with van der Waals surface area (Å²) in [5.74, 6) is 0.240. The standard InChI is InChI=1S/C15H20FN3O/c1-4-13-11(10-19(3)18-13)9-17-14-7-6-12(16)8-15(14)20-5-2/h6-8,10,17H,4-5,9H2,1-3H3. The van der Waals surface area contributed by atoms with Crippen molar-refractivity contribution in [3.8, 4) is 5.75 Å². The molecule has 0 radical (unpaired) electrons. The number of benzene rings is 1. The third-order valence-electron chi connectivity index (χ3n) is 3.04. The van der Waals surface area contributed by atoms with Crippen molar-refractivity contribution < 1.29 is 9.13 Å². The summed E-state index contributed by atoms with van der Waals surface area (Å²) in [6.07, 6.45) is 2.88. The lowest BCUT2D eigenvalue weighted by Crippen LogP contribution is -2.04. The smallest absolute Gasteiger partial charge is 0.145 e. The van der Waals surface area contributed by atoms with E-state index in [4.69, 9.17) is 4.74 Å². The lowest BCUT2D eigenvalue weighted by Gasteiger charge is -2.12. The second-order valence-electron chi connectivity index (χ2n) is 4.56. The van der Waals surface area contributed by atoms with E-state index in [-0.39, 0.29) is 5.82 Å². The van der Waals surface area contributed by atoms with E-state index in [2.05, 4.69) is 17.3 Å². The van der Waals surface area contributed by atoms with Crippen LogP contribution in [-0.4, -0.2) is 16.4 Å². The number of aryl methyl sites for hydroxylation is 2. The van der Waals surface area contributed by atoms with Gasteiger partial charge in [-0.15, -0.1) is 0 Å². The zero-order valence-corrected chi connectivity index (χ0v) is 12.1. The number of hydrogen-bond acceptors (Lipinski definition) is 3. The molecule has 0 bridgehead atoms. The summed E-state index contributed by atoms with van der Waals surface area (Å²) >= 11 is 0. The molecule has 0 aliphatic heterocycles. The fraction of sp³-hybridized carbons (Fsp3) is 0.400. The second kappa shape index (κ2) is 6.41. The molecule has 2 rings (SSSR count). The molecule has 20 heavy (non-hydrogen) atoms. The maximum absolute atomic E-state index is 13.2. The Labute approximate surface area is 118 Å². The van der Waals surface area contributed by atoms with Gasteiger partial charge in [-0.25, -0.2) is 4.39 Å². The summed E-state index contributed by atoms with van der Waals surface area (Å²) in [4.78, 5) is 0. The summed E-state index contributed by atoms with van der Waals surface area (Å²) in [6, 6.07) is 4.52. The predicted molar refractivity (Wildman–Crippen MR) is 77.5 cm³/mol. The van der Waals surface area contributed by atoms with Crippen LogP contribution in [0.4, 0.5) is 10.1 Å². The van der Waals surface area contributed by atoms with Gasteiger partial charge in [-0.05, 0) is 25.5 Å². The number of halogens is 1. The van der Waals surface area contributed by atoms with Gasteiger partial charge in [-0.2, -0.15) is 5.10 Å². The first-order valence-corrected chi connectivity index (χ1v) is 6.81. The molecule has 0 fully saturated rings. The Balaban J connectivity index is 2.13. The molecule has 0 amide bonds. The normalized spacial score (nSPS) is 10.6. The van der Waals surface area contributed by atoms with Crippen LogP contribution in [0.1, 0.15) is 25.1 Å². The molecule has 1 heterocycles. The Bertz CT molecular complexity index is 580. The fourth-order valence-electron chi connectivity index (χ4n) is 2.14. The van der Waals surface area contributed by atoms with E-state index < -0.39 is 0 Å². The molecule has 2 aromatic rings. The third-order valence-corrected chi connectivity index (χ3v) is 3.04. The Hall–Kier alpha value is -2.04. The van der Waals surface area contributed by atoms with Gasteiger partial charge in [-0.3, -0.25) is 4.68 Å². The Kier molecular flexibility index (Phi) is 4.61. The Morgan fingerprint density at radius 1 is 1.35 bits per heavy atom. The van der Waals surface area contributed by atoms with Gasteiger partial charge in [0.15, 0.2) is 0 Å². The molecule has 0 saturated heterocycles. The van der Waals surface area contributed by atoms with Crippen LogP contribution in [0.5, 0.6) is 5.75 Å². The number of rotatable bonds is 6. The van der Waals surface area contributed by atoms with E-state index in [1.54, 1.807) is 6.07 Å². The van der Waals surface area contributed by atoms with E-state index in [0.29, 0.717) is 18.9 Å². The van der Waals surface area contributed by atoms with Gasteiger partial charge in [0, 0.05) is 31.4 Å². The van der Waals surface area contributed by atoms with Gasteiger partial charge >= 0.3 is 0 Å². The number of aromatic nitrogens is 2. The van der Waals surface area contributed by atoms with Gasteiger partial charge in [-0.1, -0.05) is 6.92 Å². The van der Waals surface area contributed by atoms with Gasteiger partial charge < -0.3 is 10.1 Å². The van der Waals surface area contributed by atoms with E-state index in [0.717, 1.165) is 23.4 Å². The summed E-state index contributed by atoms with van der Waals surface area (Å²) in [7, 11) is 1.91. The van der Waals surface area contributed by atoms with Crippen molar-refractivity contribution in [3.05, 3.63) is 41.5 Å². The van der Waals surface area contributed by atoms with Crippen LogP contribution in [0.3, 0.4) is 0 Å². The van der Waals surface area contributed by atoms with Gasteiger partial charge in [0.2, 0.25) is 0 Å². The van der Waals surface area contributed by atoms with Crippen molar-refractivity contribution in [2.75, 3.05) is 11.9 Å². The molecule has 0 aliphatic rings. The molecular formula is C15H20FN3O. The number of anilines is 1. The first-order chi connectivity index (χ1) is 9.63. The van der Waals surface area contributed by atoms with E-state index in [9.17, 15) is 4.39 Å². The number of nitrogens with zero attached hydrogens (tertiary/aromatic N) is 2. The largest absolute Gasteiger partial charge is 0.492 e. The van der Waals surface area contributed by atoms with Crippen LogP contribution < -0.4 is 10.1 Å². The van der Waals surface area contributed by atoms with Crippen molar-refractivity contribution in [2.45, 2.75) is 26.8 Å². The molecule has 1 N–H and O–H groups in total. The topological polar surface area (TPSA) is 39.1 Å². The van der Waals surface area contributed by atoms with Crippen molar-refractivity contribution in [2.24, 2.45) is 7.05 Å².